The fraction of sp³-hybridized carbons (Fsp3) is 0.409. The van der Waals surface area contributed by atoms with Gasteiger partial charge in [-0.1, -0.05) is 26.0 Å². The van der Waals surface area contributed by atoms with Gasteiger partial charge >= 0.3 is 5.97 Å². The van der Waals surface area contributed by atoms with E-state index in [1.807, 2.05) is 0 Å². The highest BCUT2D eigenvalue weighted by molar-refractivity contribution is 7.92. The van der Waals surface area contributed by atoms with E-state index in [2.05, 4.69) is 9.97 Å². The lowest BCUT2D eigenvalue weighted by molar-refractivity contribution is -0.139. The molecule has 0 aliphatic heterocycles. The SMILES string of the molecule is [2H]C([2H])(C(=O)O)[C@]([2H])(O)C[C@H](O)/C=C/c1c(-c2ccc(F)cc2)nc(N(C)S(C)(=O)=O)nc1C(C)C. The Morgan fingerprint density at radius 3 is 2.39 bits per heavy atom. The van der Waals surface area contributed by atoms with E-state index in [0.29, 0.717) is 16.8 Å². The summed E-state index contributed by atoms with van der Waals surface area (Å²) in [5.41, 5.74) is 1.28. The van der Waals surface area contributed by atoms with Gasteiger partial charge in [0.1, 0.15) is 5.82 Å². The van der Waals surface area contributed by atoms with E-state index in [4.69, 9.17) is 9.22 Å². The zero-order valence-electron chi connectivity index (χ0n) is 21.5. The van der Waals surface area contributed by atoms with Crippen LogP contribution in [-0.4, -0.2) is 65.2 Å². The minimum atomic E-state index is -3.73. The Bertz CT molecular complexity index is 1250. The number of aliphatic hydroxyl groups excluding tert-OH is 1. The molecule has 0 amide bonds. The Kier molecular flexibility index (Phi) is 7.19. The third-order valence-corrected chi connectivity index (χ3v) is 5.70. The summed E-state index contributed by atoms with van der Waals surface area (Å²) in [4.78, 5) is 19.8. The van der Waals surface area contributed by atoms with Crippen molar-refractivity contribution in [2.75, 3.05) is 17.6 Å². The number of sulfonamides is 1. The van der Waals surface area contributed by atoms with Crippen LogP contribution in [0.1, 0.15) is 47.9 Å². The Balaban J connectivity index is 2.65. The van der Waals surface area contributed by atoms with Gasteiger partial charge in [-0.15, -0.1) is 0 Å². The number of hydrogen-bond donors (Lipinski definition) is 3. The van der Waals surface area contributed by atoms with Crippen LogP contribution in [0.3, 0.4) is 0 Å². The molecule has 0 aliphatic carbocycles. The normalized spacial score (nSPS) is 16.7. The third-order valence-electron chi connectivity index (χ3n) is 4.55. The minimum absolute atomic E-state index is 0.145. The molecule has 0 unspecified atom stereocenters. The van der Waals surface area contributed by atoms with Crippen LogP contribution < -0.4 is 4.31 Å². The number of benzene rings is 1. The topological polar surface area (TPSA) is 141 Å². The highest BCUT2D eigenvalue weighted by Gasteiger charge is 2.22. The molecule has 1 heterocycles. The predicted molar refractivity (Wildman–Crippen MR) is 123 cm³/mol. The molecule has 0 saturated carbocycles. The van der Waals surface area contributed by atoms with E-state index >= 15 is 0 Å². The average Bonchev–Trinajstić information content (AvgIpc) is 2.75. The van der Waals surface area contributed by atoms with Crippen LogP contribution in [0.5, 0.6) is 0 Å². The highest BCUT2D eigenvalue weighted by Crippen LogP contribution is 2.31. The summed E-state index contributed by atoms with van der Waals surface area (Å²) in [6.45, 7) is 3.55. The average molecular weight is 485 g/mol. The van der Waals surface area contributed by atoms with Crippen molar-refractivity contribution in [1.29, 1.82) is 0 Å². The second-order valence-electron chi connectivity index (χ2n) is 7.57. The molecule has 0 spiro atoms. The molecule has 33 heavy (non-hydrogen) atoms. The molecular weight excluding hydrogens is 453 g/mol. The second kappa shape index (κ2) is 10.8. The number of halogens is 1. The smallest absolute Gasteiger partial charge is 0.305 e. The minimum Gasteiger partial charge on any atom is -0.481 e. The zero-order valence-corrected chi connectivity index (χ0v) is 19.3. The van der Waals surface area contributed by atoms with Crippen molar-refractivity contribution >= 4 is 28.0 Å². The van der Waals surface area contributed by atoms with Crippen LogP contribution in [0.4, 0.5) is 10.3 Å². The summed E-state index contributed by atoms with van der Waals surface area (Å²) in [5.74, 6) is -3.01. The molecule has 2 atom stereocenters. The number of anilines is 1. The lowest BCUT2D eigenvalue weighted by Crippen LogP contribution is -2.27. The Labute approximate surface area is 196 Å². The van der Waals surface area contributed by atoms with Crippen LogP contribution in [0.2, 0.25) is 0 Å². The van der Waals surface area contributed by atoms with Gasteiger partial charge in [0.25, 0.3) is 0 Å². The molecular formula is C22H28FN3O6S. The monoisotopic (exact) mass is 484 g/mol. The molecule has 1 aromatic carbocycles. The van der Waals surface area contributed by atoms with Crippen molar-refractivity contribution in [3.63, 3.8) is 0 Å². The predicted octanol–water partition coefficient (Wildman–Crippen LogP) is 2.40. The summed E-state index contributed by atoms with van der Waals surface area (Å²) >= 11 is 0. The quantitative estimate of drug-likeness (QED) is 0.467. The Morgan fingerprint density at radius 2 is 1.88 bits per heavy atom. The standard InChI is InChI=1S/C22H28FN3O6S/c1-13(2)20-18(10-9-16(27)11-17(28)12-19(29)30)21(14-5-7-15(23)8-6-14)25-22(24-20)26(3)33(4,31)32/h5-10,13,16-17,27-28H,11-12H2,1-4H3,(H,29,30)/b10-9+/t16-,17-/m1/s1/i12D2,17D. The lowest BCUT2D eigenvalue weighted by atomic mass is 9.97. The number of carboxylic acid groups (broad SMARTS) is 1. The molecule has 0 radical (unpaired) electrons. The maximum absolute atomic E-state index is 13.6. The first-order valence-corrected chi connectivity index (χ1v) is 11.7. The number of carbonyl (C=O) groups is 1. The molecule has 0 saturated heterocycles. The van der Waals surface area contributed by atoms with Gasteiger partial charge in [0.15, 0.2) is 0 Å². The Morgan fingerprint density at radius 1 is 1.27 bits per heavy atom. The number of carboxylic acids is 1. The molecule has 0 fully saturated rings. The van der Waals surface area contributed by atoms with E-state index in [1.54, 1.807) is 13.8 Å². The fourth-order valence-corrected chi connectivity index (χ4v) is 3.22. The van der Waals surface area contributed by atoms with Crippen LogP contribution >= 0.6 is 0 Å². The van der Waals surface area contributed by atoms with Crippen LogP contribution in [-0.2, 0) is 14.8 Å². The van der Waals surface area contributed by atoms with Gasteiger partial charge in [0.2, 0.25) is 16.0 Å². The lowest BCUT2D eigenvalue weighted by Gasteiger charge is -2.20. The maximum Gasteiger partial charge on any atom is 0.305 e. The van der Waals surface area contributed by atoms with Crippen LogP contribution in [0, 0.1) is 5.82 Å². The molecule has 2 rings (SSSR count). The number of nitrogens with zero attached hydrogens (tertiary/aromatic N) is 3. The van der Waals surface area contributed by atoms with E-state index < -0.39 is 46.8 Å². The summed E-state index contributed by atoms with van der Waals surface area (Å²) in [5, 5.41) is 29.4. The van der Waals surface area contributed by atoms with Crippen molar-refractivity contribution in [2.45, 2.75) is 44.7 Å². The molecule has 0 bridgehead atoms. The van der Waals surface area contributed by atoms with Gasteiger partial charge in [0.05, 0.1) is 37.6 Å². The van der Waals surface area contributed by atoms with E-state index in [0.717, 1.165) is 16.6 Å². The number of aliphatic hydroxyl groups is 2. The maximum atomic E-state index is 13.6. The molecule has 9 nitrogen and oxygen atoms in total. The van der Waals surface area contributed by atoms with Gasteiger partial charge in [-0.25, -0.2) is 27.1 Å². The fourth-order valence-electron chi connectivity index (χ4n) is 2.84. The van der Waals surface area contributed by atoms with E-state index in [1.165, 1.54) is 37.4 Å². The largest absolute Gasteiger partial charge is 0.481 e. The van der Waals surface area contributed by atoms with Crippen molar-refractivity contribution in [2.24, 2.45) is 0 Å². The van der Waals surface area contributed by atoms with Crippen molar-refractivity contribution in [1.82, 2.24) is 9.97 Å². The van der Waals surface area contributed by atoms with Crippen LogP contribution in [0.15, 0.2) is 30.3 Å². The number of aromatic nitrogens is 2. The van der Waals surface area contributed by atoms with Gasteiger partial charge < -0.3 is 15.3 Å². The van der Waals surface area contributed by atoms with Crippen molar-refractivity contribution in [3.05, 3.63) is 47.4 Å². The molecule has 11 heteroatoms. The van der Waals surface area contributed by atoms with Gasteiger partial charge in [-0.05, 0) is 30.2 Å². The first kappa shape index (κ1) is 21.9. The van der Waals surface area contributed by atoms with Crippen molar-refractivity contribution in [3.8, 4) is 11.3 Å². The first-order valence-electron chi connectivity index (χ1n) is 11.3. The molecule has 180 valence electrons. The van der Waals surface area contributed by atoms with Crippen molar-refractivity contribution < 1.29 is 37.0 Å². The summed E-state index contributed by atoms with van der Waals surface area (Å²) < 4.78 is 61.2. The van der Waals surface area contributed by atoms with E-state index in [-0.39, 0.29) is 17.6 Å². The number of rotatable bonds is 10. The van der Waals surface area contributed by atoms with Gasteiger partial charge in [-0.2, -0.15) is 0 Å². The first-order chi connectivity index (χ1) is 16.4. The molecule has 2 aromatic rings. The molecule has 3 N–H and O–H groups in total. The Hall–Kier alpha value is -2.89. The number of aliphatic carboxylic acids is 1. The second-order valence-corrected chi connectivity index (χ2v) is 9.58. The van der Waals surface area contributed by atoms with Crippen LogP contribution in [0.25, 0.3) is 17.3 Å². The summed E-state index contributed by atoms with van der Waals surface area (Å²) in [6.07, 6.45) is -5.70. The summed E-state index contributed by atoms with van der Waals surface area (Å²) in [6, 6.07) is 5.21. The van der Waals surface area contributed by atoms with Gasteiger partial charge in [-0.3, -0.25) is 4.79 Å². The van der Waals surface area contributed by atoms with E-state index in [9.17, 15) is 27.8 Å². The number of hydrogen-bond acceptors (Lipinski definition) is 7. The summed E-state index contributed by atoms with van der Waals surface area (Å²) in [7, 11) is -2.45. The third kappa shape index (κ3) is 7.31. The zero-order chi connectivity index (χ0) is 27.6. The molecule has 1 aromatic heterocycles. The molecule has 0 aliphatic rings. The van der Waals surface area contributed by atoms with Gasteiger partial charge in [0, 0.05) is 27.3 Å². The highest BCUT2D eigenvalue weighted by atomic mass is 32.2.